The van der Waals surface area contributed by atoms with E-state index in [1.807, 2.05) is 44.2 Å². The zero-order valence-corrected chi connectivity index (χ0v) is 13.2. The smallest absolute Gasteiger partial charge is 0.138 e. The highest BCUT2D eigenvalue weighted by molar-refractivity contribution is 5.73. The summed E-state index contributed by atoms with van der Waals surface area (Å²) in [5.41, 5.74) is 0.733. The molecule has 118 valence electrons. The molecule has 0 amide bonds. The van der Waals surface area contributed by atoms with E-state index in [0.717, 1.165) is 11.3 Å². The van der Waals surface area contributed by atoms with E-state index in [1.54, 1.807) is 20.5 Å². The van der Waals surface area contributed by atoms with Gasteiger partial charge in [0, 0.05) is 7.11 Å². The third kappa shape index (κ3) is 3.52. The number of ether oxygens (including phenoxy) is 2. The molecule has 1 unspecified atom stereocenters. The van der Waals surface area contributed by atoms with Gasteiger partial charge >= 0.3 is 0 Å². The molecule has 0 bridgehead atoms. The topological polar surface area (TPSA) is 69.4 Å². The molecule has 1 N–H and O–H groups in total. The molecular formula is C16H21N3O3. The molecule has 6 heteroatoms. The molecule has 0 aliphatic rings. The molecule has 1 aromatic carbocycles. The Morgan fingerprint density at radius 3 is 2.45 bits per heavy atom. The average Bonchev–Trinajstić information content (AvgIpc) is 3.06. The van der Waals surface area contributed by atoms with E-state index >= 15 is 0 Å². The zero-order chi connectivity index (χ0) is 16.2. The Bertz CT molecular complexity index is 619. The molecule has 0 saturated carbocycles. The lowest BCUT2D eigenvalue weighted by Gasteiger charge is -2.30. The summed E-state index contributed by atoms with van der Waals surface area (Å²) in [6.45, 7) is 3.63. The number of aromatic nitrogens is 3. The van der Waals surface area contributed by atoms with Gasteiger partial charge in [0.1, 0.15) is 24.5 Å². The van der Waals surface area contributed by atoms with Gasteiger partial charge in [-0.25, -0.2) is 9.67 Å². The molecule has 0 spiro atoms. The molecule has 1 atom stereocenters. The lowest BCUT2D eigenvalue weighted by molar-refractivity contribution is -0.0539. The van der Waals surface area contributed by atoms with Crippen molar-refractivity contribution in [1.82, 2.24) is 14.8 Å². The number of nitrogens with zero attached hydrogens (tertiary/aromatic N) is 3. The van der Waals surface area contributed by atoms with Crippen LogP contribution in [0, 0.1) is 0 Å². The van der Waals surface area contributed by atoms with Crippen molar-refractivity contribution in [2.45, 2.75) is 25.6 Å². The highest BCUT2D eigenvalue weighted by atomic mass is 16.5. The largest absolute Gasteiger partial charge is 0.497 e. The molecule has 6 nitrogen and oxygen atoms in total. The lowest BCUT2D eigenvalue weighted by Crippen LogP contribution is -2.40. The van der Waals surface area contributed by atoms with Gasteiger partial charge in [-0.3, -0.25) is 0 Å². The number of hydrogen-bond donors (Lipinski definition) is 1. The number of benzene rings is 1. The van der Waals surface area contributed by atoms with Gasteiger partial charge < -0.3 is 14.6 Å². The number of hydrogen-bond acceptors (Lipinski definition) is 5. The minimum atomic E-state index is -0.874. The number of aliphatic hydroxyl groups excluding tert-OH is 1. The van der Waals surface area contributed by atoms with Gasteiger partial charge in [0.15, 0.2) is 0 Å². The van der Waals surface area contributed by atoms with Crippen LogP contribution in [0.2, 0.25) is 0 Å². The van der Waals surface area contributed by atoms with E-state index < -0.39 is 11.7 Å². The van der Waals surface area contributed by atoms with Crippen LogP contribution in [0.1, 0.15) is 19.4 Å². The van der Waals surface area contributed by atoms with Gasteiger partial charge in [-0.15, -0.1) is 0 Å². The van der Waals surface area contributed by atoms with Crippen LogP contribution >= 0.6 is 0 Å². The van der Waals surface area contributed by atoms with Crippen LogP contribution < -0.4 is 4.74 Å². The third-order valence-corrected chi connectivity index (χ3v) is 3.58. The van der Waals surface area contributed by atoms with Crippen LogP contribution in [0.5, 0.6) is 5.75 Å². The van der Waals surface area contributed by atoms with Gasteiger partial charge in [0.2, 0.25) is 0 Å². The summed E-state index contributed by atoms with van der Waals surface area (Å²) in [4.78, 5) is 3.94. The third-order valence-electron chi connectivity index (χ3n) is 3.58. The van der Waals surface area contributed by atoms with Gasteiger partial charge in [0.25, 0.3) is 0 Å². The van der Waals surface area contributed by atoms with Crippen LogP contribution in [-0.4, -0.2) is 45.8 Å². The molecule has 1 aromatic heterocycles. The predicted octanol–water partition coefficient (Wildman–Crippen LogP) is 2.07. The summed E-state index contributed by atoms with van der Waals surface area (Å²) in [5, 5.41) is 14.8. The first-order valence-corrected chi connectivity index (χ1v) is 6.92. The first kappa shape index (κ1) is 16.2. The van der Waals surface area contributed by atoms with E-state index in [9.17, 15) is 5.11 Å². The second-order valence-corrected chi connectivity index (χ2v) is 5.39. The van der Waals surface area contributed by atoms with Gasteiger partial charge in [-0.2, -0.15) is 5.10 Å². The summed E-state index contributed by atoms with van der Waals surface area (Å²) < 4.78 is 12.1. The Morgan fingerprint density at radius 1 is 1.27 bits per heavy atom. The van der Waals surface area contributed by atoms with E-state index in [1.165, 1.54) is 11.0 Å². The van der Waals surface area contributed by atoms with Crippen LogP contribution in [0.3, 0.4) is 0 Å². The van der Waals surface area contributed by atoms with Crippen molar-refractivity contribution >= 4 is 11.8 Å². The monoisotopic (exact) mass is 303 g/mol. The summed E-state index contributed by atoms with van der Waals surface area (Å²) in [7, 11) is 3.19. The molecule has 22 heavy (non-hydrogen) atoms. The summed E-state index contributed by atoms with van der Waals surface area (Å²) in [5.74, 6) is 0.775. The van der Waals surface area contributed by atoms with Crippen molar-refractivity contribution < 1.29 is 14.6 Å². The minimum absolute atomic E-state index is 0.578. The second kappa shape index (κ2) is 6.72. The SMILES string of the molecule is COc1ccc(/C=C(/C(O)C(C)(C)OC)n2cncn2)cc1. The fraction of sp³-hybridized carbons (Fsp3) is 0.375. The maximum Gasteiger partial charge on any atom is 0.138 e. The van der Waals surface area contributed by atoms with Crippen molar-refractivity contribution in [1.29, 1.82) is 0 Å². The Balaban J connectivity index is 2.42. The summed E-state index contributed by atoms with van der Waals surface area (Å²) in [6.07, 6.45) is 3.94. The van der Waals surface area contributed by atoms with Crippen molar-refractivity contribution in [3.8, 4) is 5.75 Å². The highest BCUT2D eigenvalue weighted by Crippen LogP contribution is 2.25. The first-order chi connectivity index (χ1) is 10.5. The van der Waals surface area contributed by atoms with E-state index in [4.69, 9.17) is 9.47 Å². The molecule has 1 heterocycles. The van der Waals surface area contributed by atoms with Gasteiger partial charge in [-0.1, -0.05) is 12.1 Å². The molecule has 0 fully saturated rings. The standard InChI is InChI=1S/C16H21N3O3/c1-16(2,22-4)15(20)14(19-11-17-10-18-19)9-12-5-7-13(21-3)8-6-12/h5-11,15,20H,1-4H3/b14-9-. The Morgan fingerprint density at radius 2 is 1.95 bits per heavy atom. The Hall–Kier alpha value is -2.18. The molecule has 0 aliphatic heterocycles. The normalized spacial score (nSPS) is 14.0. The summed E-state index contributed by atoms with van der Waals surface area (Å²) >= 11 is 0. The average molecular weight is 303 g/mol. The molecule has 0 aliphatic carbocycles. The van der Waals surface area contributed by atoms with Crippen molar-refractivity contribution in [3.63, 3.8) is 0 Å². The predicted molar refractivity (Wildman–Crippen MR) is 84.3 cm³/mol. The Labute approximate surface area is 130 Å². The second-order valence-electron chi connectivity index (χ2n) is 5.39. The number of methoxy groups -OCH3 is 2. The number of rotatable bonds is 6. The van der Waals surface area contributed by atoms with Crippen LogP contribution in [0.4, 0.5) is 0 Å². The zero-order valence-electron chi connectivity index (χ0n) is 13.2. The van der Waals surface area contributed by atoms with Crippen molar-refractivity contribution in [2.75, 3.05) is 14.2 Å². The number of aliphatic hydroxyl groups is 1. The van der Waals surface area contributed by atoms with E-state index in [2.05, 4.69) is 10.1 Å². The lowest BCUT2D eigenvalue weighted by atomic mass is 9.97. The fourth-order valence-corrected chi connectivity index (χ4v) is 1.95. The van der Waals surface area contributed by atoms with Crippen molar-refractivity contribution in [3.05, 3.63) is 42.5 Å². The molecule has 2 rings (SSSR count). The van der Waals surface area contributed by atoms with Gasteiger partial charge in [-0.05, 0) is 37.6 Å². The molecule has 0 radical (unpaired) electrons. The van der Waals surface area contributed by atoms with Crippen LogP contribution in [-0.2, 0) is 4.74 Å². The van der Waals surface area contributed by atoms with Crippen LogP contribution in [0.25, 0.3) is 11.8 Å². The maximum absolute atomic E-state index is 10.7. The van der Waals surface area contributed by atoms with Crippen LogP contribution in [0.15, 0.2) is 36.9 Å². The quantitative estimate of drug-likeness (QED) is 0.884. The summed E-state index contributed by atoms with van der Waals surface area (Å²) in [6, 6.07) is 7.53. The fourth-order valence-electron chi connectivity index (χ4n) is 1.95. The maximum atomic E-state index is 10.7. The van der Waals surface area contributed by atoms with E-state index in [0.29, 0.717) is 5.70 Å². The highest BCUT2D eigenvalue weighted by Gasteiger charge is 2.32. The van der Waals surface area contributed by atoms with E-state index in [-0.39, 0.29) is 0 Å². The minimum Gasteiger partial charge on any atom is -0.497 e. The van der Waals surface area contributed by atoms with Crippen molar-refractivity contribution in [2.24, 2.45) is 0 Å². The first-order valence-electron chi connectivity index (χ1n) is 6.92. The Kier molecular flexibility index (Phi) is 4.95. The molecule has 0 saturated heterocycles. The van der Waals surface area contributed by atoms with Gasteiger partial charge in [0.05, 0.1) is 18.4 Å². The molecule has 2 aromatic rings. The molecular weight excluding hydrogens is 282 g/mol.